The average molecular weight is 301 g/mol. The molecule has 3 heterocycles. The lowest BCUT2D eigenvalue weighted by molar-refractivity contribution is -0.263. The van der Waals surface area contributed by atoms with E-state index in [9.17, 15) is 19.7 Å². The topological polar surface area (TPSA) is 149 Å². The van der Waals surface area contributed by atoms with E-state index in [2.05, 4.69) is 15.0 Å². The molecule has 2 aromatic rings. The summed E-state index contributed by atoms with van der Waals surface area (Å²) in [4.78, 5) is 15.8. The Morgan fingerprint density at radius 2 is 2.14 bits per heavy atom. The third-order valence-electron chi connectivity index (χ3n) is 3.06. The molecule has 1 fully saturated rings. The van der Waals surface area contributed by atoms with Crippen molar-refractivity contribution in [3.05, 3.63) is 12.4 Å². The highest BCUT2D eigenvalue weighted by Crippen LogP contribution is 2.19. The molecule has 3 rings (SSSR count). The summed E-state index contributed by atoms with van der Waals surface area (Å²) in [6.07, 6.45) is -5.30. The molecule has 5 N–H and O–H groups in total. The molecule has 4 atom stereocenters. The number of hydrogen-bond donors (Lipinski definition) is 4. The standard InChI is InChI=1S/C10H12FN5O5/c11-10-14-7(12)4-8(15-10)13-2-16(4)21-6-5(18)3(17)1-20-9(6)19/h2-3,5-6,9,17-19H,1H2,(H2,12,14,15)/t3-,5-,6+,9+/m1/s1. The monoisotopic (exact) mass is 301 g/mol. The van der Waals surface area contributed by atoms with E-state index in [4.69, 9.17) is 15.3 Å². The molecule has 0 saturated carbocycles. The van der Waals surface area contributed by atoms with E-state index >= 15 is 0 Å². The molecule has 10 nitrogen and oxygen atoms in total. The summed E-state index contributed by atoms with van der Waals surface area (Å²) >= 11 is 0. The van der Waals surface area contributed by atoms with Gasteiger partial charge >= 0.3 is 6.08 Å². The van der Waals surface area contributed by atoms with E-state index < -0.39 is 30.7 Å². The van der Waals surface area contributed by atoms with Gasteiger partial charge in [-0.15, -0.1) is 0 Å². The lowest BCUT2D eigenvalue weighted by Crippen LogP contribution is -2.57. The molecular weight excluding hydrogens is 289 g/mol. The predicted molar refractivity (Wildman–Crippen MR) is 64.0 cm³/mol. The number of ether oxygens (including phenoxy) is 1. The zero-order valence-corrected chi connectivity index (χ0v) is 10.5. The molecule has 21 heavy (non-hydrogen) atoms. The zero-order valence-electron chi connectivity index (χ0n) is 10.5. The van der Waals surface area contributed by atoms with E-state index in [0.29, 0.717) is 0 Å². The lowest BCUT2D eigenvalue weighted by Gasteiger charge is -2.34. The average Bonchev–Trinajstić information content (AvgIpc) is 2.82. The smallest absolute Gasteiger partial charge is 0.312 e. The number of aliphatic hydroxyl groups is 3. The van der Waals surface area contributed by atoms with Gasteiger partial charge in [-0.2, -0.15) is 19.1 Å². The van der Waals surface area contributed by atoms with Crippen LogP contribution in [0.15, 0.2) is 6.33 Å². The third kappa shape index (κ3) is 2.35. The first kappa shape index (κ1) is 13.9. The second-order valence-corrected chi connectivity index (χ2v) is 4.47. The molecule has 1 aliphatic rings. The van der Waals surface area contributed by atoms with Gasteiger partial charge in [-0.3, -0.25) is 0 Å². The number of nitrogen functional groups attached to an aromatic ring is 1. The van der Waals surface area contributed by atoms with Gasteiger partial charge in [0.15, 0.2) is 23.3 Å². The number of hydrogen-bond acceptors (Lipinski definition) is 9. The molecule has 0 spiro atoms. The number of anilines is 1. The molecule has 1 saturated heterocycles. The summed E-state index contributed by atoms with van der Waals surface area (Å²) in [6.45, 7) is -0.233. The number of imidazole rings is 1. The zero-order chi connectivity index (χ0) is 15.1. The van der Waals surface area contributed by atoms with Crippen molar-refractivity contribution in [2.45, 2.75) is 24.6 Å². The van der Waals surface area contributed by atoms with Crippen LogP contribution in [0.3, 0.4) is 0 Å². The van der Waals surface area contributed by atoms with E-state index in [0.717, 1.165) is 11.1 Å². The number of nitrogens with zero attached hydrogens (tertiary/aromatic N) is 4. The minimum atomic E-state index is -1.47. The van der Waals surface area contributed by atoms with Crippen LogP contribution < -0.4 is 10.6 Å². The summed E-state index contributed by atoms with van der Waals surface area (Å²) in [6, 6.07) is 0. The number of aromatic nitrogens is 4. The van der Waals surface area contributed by atoms with Crippen molar-refractivity contribution in [3.8, 4) is 0 Å². The van der Waals surface area contributed by atoms with Crippen LogP contribution in [0.4, 0.5) is 10.2 Å². The number of rotatable bonds is 2. The molecule has 0 amide bonds. The Morgan fingerprint density at radius 1 is 1.38 bits per heavy atom. The second kappa shape index (κ2) is 5.04. The van der Waals surface area contributed by atoms with Gasteiger partial charge in [-0.05, 0) is 0 Å². The van der Waals surface area contributed by atoms with Gasteiger partial charge in [0.05, 0.1) is 6.61 Å². The van der Waals surface area contributed by atoms with Gasteiger partial charge in [-0.1, -0.05) is 0 Å². The molecule has 1 aliphatic heterocycles. The number of fused-ring (bicyclic) bond motifs is 1. The number of halogens is 1. The summed E-state index contributed by atoms with van der Waals surface area (Å²) in [5, 5.41) is 29.0. The second-order valence-electron chi connectivity index (χ2n) is 4.47. The Balaban J connectivity index is 1.94. The fraction of sp³-hybridized carbons (Fsp3) is 0.500. The van der Waals surface area contributed by atoms with Gasteiger partial charge in [0.25, 0.3) is 0 Å². The van der Waals surface area contributed by atoms with Gasteiger partial charge in [-0.25, -0.2) is 4.98 Å². The highest BCUT2D eigenvalue weighted by Gasteiger charge is 2.40. The van der Waals surface area contributed by atoms with Crippen molar-refractivity contribution >= 4 is 17.0 Å². The van der Waals surface area contributed by atoms with Crippen molar-refractivity contribution < 1.29 is 29.3 Å². The molecule has 114 valence electrons. The highest BCUT2D eigenvalue weighted by atomic mass is 19.1. The maximum absolute atomic E-state index is 13.0. The third-order valence-corrected chi connectivity index (χ3v) is 3.06. The van der Waals surface area contributed by atoms with Gasteiger partial charge < -0.3 is 30.6 Å². The van der Waals surface area contributed by atoms with Crippen molar-refractivity contribution in [1.82, 2.24) is 19.7 Å². The Morgan fingerprint density at radius 3 is 2.90 bits per heavy atom. The molecule has 11 heteroatoms. The SMILES string of the molecule is Nc1nc(F)nc2ncn(O[C@H]3[C@H](O)[C@H](O)CO[C@@H]3O)c12. The fourth-order valence-corrected chi connectivity index (χ4v) is 2.00. The predicted octanol–water partition coefficient (Wildman–Crippen LogP) is -2.58. The van der Waals surface area contributed by atoms with Crippen LogP contribution in [0.1, 0.15) is 0 Å². The number of aliphatic hydroxyl groups excluding tert-OH is 3. The summed E-state index contributed by atoms with van der Waals surface area (Å²) in [5.41, 5.74) is 5.58. The summed E-state index contributed by atoms with van der Waals surface area (Å²) in [7, 11) is 0. The van der Waals surface area contributed by atoms with Gasteiger partial charge in [0.1, 0.15) is 18.5 Å². The van der Waals surface area contributed by atoms with Crippen LogP contribution in [-0.4, -0.2) is 66.2 Å². The molecule has 0 unspecified atom stereocenters. The molecule has 0 radical (unpaired) electrons. The largest absolute Gasteiger partial charge is 0.401 e. The van der Waals surface area contributed by atoms with Crippen LogP contribution in [0.2, 0.25) is 0 Å². The fourth-order valence-electron chi connectivity index (χ4n) is 2.00. The van der Waals surface area contributed by atoms with Crippen LogP contribution in [0.25, 0.3) is 11.2 Å². The Kier molecular flexibility index (Phi) is 3.33. The summed E-state index contributed by atoms with van der Waals surface area (Å²) in [5.74, 6) is -0.226. The Bertz CT molecular complexity index is 667. The molecule has 0 bridgehead atoms. The maximum Gasteiger partial charge on any atom is 0.312 e. The molecular formula is C10H12FN5O5. The van der Waals surface area contributed by atoms with Crippen LogP contribution in [0, 0.1) is 6.08 Å². The molecule has 0 aromatic carbocycles. The minimum Gasteiger partial charge on any atom is -0.401 e. The van der Waals surface area contributed by atoms with E-state index in [1.807, 2.05) is 0 Å². The Hall–Kier alpha value is -2.08. The van der Waals surface area contributed by atoms with E-state index in [1.165, 1.54) is 0 Å². The van der Waals surface area contributed by atoms with Crippen LogP contribution >= 0.6 is 0 Å². The minimum absolute atomic E-state index is 0.0544. The van der Waals surface area contributed by atoms with E-state index in [-0.39, 0.29) is 23.6 Å². The first-order chi connectivity index (χ1) is 9.97. The van der Waals surface area contributed by atoms with Crippen LogP contribution in [-0.2, 0) is 4.74 Å². The first-order valence-electron chi connectivity index (χ1n) is 5.96. The quantitative estimate of drug-likeness (QED) is 0.438. The van der Waals surface area contributed by atoms with Crippen molar-refractivity contribution in [2.24, 2.45) is 0 Å². The van der Waals surface area contributed by atoms with Gasteiger partial charge in [0.2, 0.25) is 6.10 Å². The first-order valence-corrected chi connectivity index (χ1v) is 5.96. The molecule has 2 aromatic heterocycles. The summed E-state index contributed by atoms with van der Waals surface area (Å²) < 4.78 is 18.8. The Labute approximate surface area is 116 Å². The van der Waals surface area contributed by atoms with E-state index in [1.54, 1.807) is 0 Å². The maximum atomic E-state index is 13.0. The van der Waals surface area contributed by atoms with Gasteiger partial charge in [0, 0.05) is 0 Å². The highest BCUT2D eigenvalue weighted by molar-refractivity contribution is 5.81. The van der Waals surface area contributed by atoms with Crippen molar-refractivity contribution in [3.63, 3.8) is 0 Å². The molecule has 0 aliphatic carbocycles. The number of nitrogens with two attached hydrogens (primary N) is 1. The lowest BCUT2D eigenvalue weighted by atomic mass is 10.1. The van der Waals surface area contributed by atoms with Crippen LogP contribution in [0.5, 0.6) is 0 Å². The van der Waals surface area contributed by atoms with Crippen molar-refractivity contribution in [1.29, 1.82) is 0 Å². The van der Waals surface area contributed by atoms with Crippen molar-refractivity contribution in [2.75, 3.05) is 12.3 Å². The normalized spacial score (nSPS) is 29.7.